The van der Waals surface area contributed by atoms with E-state index in [1.54, 1.807) is 6.20 Å². The van der Waals surface area contributed by atoms with Crippen molar-refractivity contribution < 1.29 is 4.79 Å². The molecule has 1 saturated heterocycles. The molecule has 0 saturated carbocycles. The van der Waals surface area contributed by atoms with E-state index < -0.39 is 0 Å². The standard InChI is InChI=1S/C16H22N6O/c23-16(19-12-14-5-7-20-21-14)18-11-13-4-6-17-15(10-13)22-8-2-1-3-9-22/h4-7,10H,1-3,8-9,11-12H2,(H,20,21)(H2,18,19,23). The minimum Gasteiger partial charge on any atom is -0.357 e. The molecule has 1 aliphatic rings. The van der Waals surface area contributed by atoms with Crippen LogP contribution in [-0.4, -0.2) is 34.3 Å². The number of hydrogen-bond acceptors (Lipinski definition) is 4. The summed E-state index contributed by atoms with van der Waals surface area (Å²) in [5.74, 6) is 1.00. The van der Waals surface area contributed by atoms with Crippen LogP contribution in [0.25, 0.3) is 0 Å². The second-order valence-electron chi connectivity index (χ2n) is 5.69. The number of carbonyl (C=O) groups is 1. The summed E-state index contributed by atoms with van der Waals surface area (Å²) in [7, 11) is 0. The van der Waals surface area contributed by atoms with Crippen molar-refractivity contribution in [2.75, 3.05) is 18.0 Å². The van der Waals surface area contributed by atoms with E-state index in [1.807, 2.05) is 18.3 Å². The van der Waals surface area contributed by atoms with Gasteiger partial charge in [-0.15, -0.1) is 0 Å². The largest absolute Gasteiger partial charge is 0.357 e. The van der Waals surface area contributed by atoms with E-state index in [4.69, 9.17) is 0 Å². The predicted octanol–water partition coefficient (Wildman–Crippen LogP) is 1.79. The number of pyridine rings is 1. The van der Waals surface area contributed by atoms with Gasteiger partial charge >= 0.3 is 6.03 Å². The maximum absolute atomic E-state index is 11.8. The highest BCUT2D eigenvalue weighted by Crippen LogP contribution is 2.18. The van der Waals surface area contributed by atoms with Gasteiger partial charge in [0.2, 0.25) is 0 Å². The summed E-state index contributed by atoms with van der Waals surface area (Å²) in [5.41, 5.74) is 1.92. The lowest BCUT2D eigenvalue weighted by Gasteiger charge is -2.27. The van der Waals surface area contributed by atoms with E-state index in [0.29, 0.717) is 13.1 Å². The van der Waals surface area contributed by atoms with Crippen LogP contribution < -0.4 is 15.5 Å². The normalized spacial score (nSPS) is 14.5. The summed E-state index contributed by atoms with van der Waals surface area (Å²) < 4.78 is 0. The van der Waals surface area contributed by atoms with Gasteiger partial charge in [0.05, 0.1) is 12.2 Å². The molecule has 2 aromatic heterocycles. The lowest BCUT2D eigenvalue weighted by Crippen LogP contribution is -2.34. The molecule has 0 atom stereocenters. The molecular weight excluding hydrogens is 292 g/mol. The van der Waals surface area contributed by atoms with Crippen LogP contribution in [0.1, 0.15) is 30.5 Å². The molecule has 1 fully saturated rings. The zero-order chi connectivity index (χ0) is 15.9. The summed E-state index contributed by atoms with van der Waals surface area (Å²) in [6.07, 6.45) is 7.21. The van der Waals surface area contributed by atoms with Crippen molar-refractivity contribution in [1.29, 1.82) is 0 Å². The Morgan fingerprint density at radius 3 is 2.74 bits per heavy atom. The number of nitrogens with zero attached hydrogens (tertiary/aromatic N) is 3. The van der Waals surface area contributed by atoms with Gasteiger partial charge in [0, 0.05) is 32.0 Å². The van der Waals surface area contributed by atoms with E-state index in [9.17, 15) is 4.79 Å². The van der Waals surface area contributed by atoms with Crippen molar-refractivity contribution in [2.24, 2.45) is 0 Å². The lowest BCUT2D eigenvalue weighted by atomic mass is 10.1. The molecule has 0 bridgehead atoms. The fraction of sp³-hybridized carbons (Fsp3) is 0.438. The molecule has 3 rings (SSSR count). The van der Waals surface area contributed by atoms with Crippen molar-refractivity contribution in [3.8, 4) is 0 Å². The van der Waals surface area contributed by atoms with Crippen LogP contribution in [0.5, 0.6) is 0 Å². The molecule has 7 heteroatoms. The molecule has 2 amide bonds. The molecule has 0 aromatic carbocycles. The van der Waals surface area contributed by atoms with Crippen LogP contribution in [0.2, 0.25) is 0 Å². The zero-order valence-corrected chi connectivity index (χ0v) is 13.1. The topological polar surface area (TPSA) is 85.9 Å². The van der Waals surface area contributed by atoms with E-state index in [-0.39, 0.29) is 6.03 Å². The van der Waals surface area contributed by atoms with Gasteiger partial charge in [0.15, 0.2) is 0 Å². The van der Waals surface area contributed by atoms with Crippen molar-refractivity contribution in [3.63, 3.8) is 0 Å². The Morgan fingerprint density at radius 1 is 1.13 bits per heavy atom. The molecule has 122 valence electrons. The van der Waals surface area contributed by atoms with Gasteiger partial charge in [-0.25, -0.2) is 9.78 Å². The van der Waals surface area contributed by atoms with E-state index in [1.165, 1.54) is 19.3 Å². The molecule has 2 aromatic rings. The number of nitrogens with one attached hydrogen (secondary N) is 3. The molecular formula is C16H22N6O. The van der Waals surface area contributed by atoms with Crippen LogP contribution in [-0.2, 0) is 13.1 Å². The fourth-order valence-corrected chi connectivity index (χ4v) is 2.67. The third kappa shape index (κ3) is 4.45. The number of piperidine rings is 1. The van der Waals surface area contributed by atoms with Crippen LogP contribution in [0, 0.1) is 0 Å². The average molecular weight is 314 g/mol. The quantitative estimate of drug-likeness (QED) is 0.785. The molecule has 3 N–H and O–H groups in total. The lowest BCUT2D eigenvalue weighted by molar-refractivity contribution is 0.240. The number of carbonyl (C=O) groups excluding carboxylic acids is 1. The highest BCUT2D eigenvalue weighted by Gasteiger charge is 2.12. The third-order valence-electron chi connectivity index (χ3n) is 3.94. The Bertz CT molecular complexity index is 621. The number of urea groups is 1. The first-order valence-electron chi connectivity index (χ1n) is 8.01. The minimum atomic E-state index is -0.198. The van der Waals surface area contributed by atoms with Gasteiger partial charge in [-0.2, -0.15) is 5.10 Å². The second kappa shape index (κ2) is 7.62. The number of hydrogen-bond donors (Lipinski definition) is 3. The second-order valence-corrected chi connectivity index (χ2v) is 5.69. The minimum absolute atomic E-state index is 0.198. The summed E-state index contributed by atoms with van der Waals surface area (Å²) in [4.78, 5) is 18.6. The fourth-order valence-electron chi connectivity index (χ4n) is 2.67. The molecule has 3 heterocycles. The first kappa shape index (κ1) is 15.3. The molecule has 0 spiro atoms. The molecule has 23 heavy (non-hydrogen) atoms. The molecule has 7 nitrogen and oxygen atoms in total. The van der Waals surface area contributed by atoms with Crippen LogP contribution >= 0.6 is 0 Å². The molecule has 0 aliphatic carbocycles. The summed E-state index contributed by atoms with van der Waals surface area (Å²) >= 11 is 0. The van der Waals surface area contributed by atoms with Gasteiger partial charge in [-0.1, -0.05) is 0 Å². The number of anilines is 1. The summed E-state index contributed by atoms with van der Waals surface area (Å²) in [6, 6.07) is 5.62. The van der Waals surface area contributed by atoms with Gasteiger partial charge in [0.25, 0.3) is 0 Å². The predicted molar refractivity (Wildman–Crippen MR) is 88.0 cm³/mol. The smallest absolute Gasteiger partial charge is 0.315 e. The van der Waals surface area contributed by atoms with Crippen molar-refractivity contribution in [2.45, 2.75) is 32.4 Å². The van der Waals surface area contributed by atoms with Gasteiger partial charge in [-0.3, -0.25) is 5.10 Å². The van der Waals surface area contributed by atoms with Crippen molar-refractivity contribution in [1.82, 2.24) is 25.8 Å². The first-order valence-corrected chi connectivity index (χ1v) is 8.01. The zero-order valence-electron chi connectivity index (χ0n) is 13.1. The van der Waals surface area contributed by atoms with Crippen LogP contribution in [0.4, 0.5) is 10.6 Å². The molecule has 1 aliphatic heterocycles. The van der Waals surface area contributed by atoms with Gasteiger partial charge in [0.1, 0.15) is 5.82 Å². The number of H-pyrrole nitrogens is 1. The average Bonchev–Trinajstić information content (AvgIpc) is 3.13. The SMILES string of the molecule is O=C(NCc1ccnc(N2CCCCC2)c1)NCc1ccn[nH]1. The van der Waals surface area contributed by atoms with Gasteiger partial charge in [-0.05, 0) is 43.0 Å². The summed E-state index contributed by atoms with van der Waals surface area (Å²) in [6.45, 7) is 3.04. The molecule has 0 unspecified atom stereocenters. The number of amides is 2. The first-order chi connectivity index (χ1) is 11.3. The van der Waals surface area contributed by atoms with Crippen LogP contribution in [0.15, 0.2) is 30.6 Å². The monoisotopic (exact) mass is 314 g/mol. The van der Waals surface area contributed by atoms with Gasteiger partial charge < -0.3 is 15.5 Å². The Hall–Kier alpha value is -2.57. The number of rotatable bonds is 5. The maximum atomic E-state index is 11.8. The summed E-state index contributed by atoms with van der Waals surface area (Å²) in [5, 5.41) is 12.3. The Kier molecular flexibility index (Phi) is 5.08. The van der Waals surface area contributed by atoms with E-state index in [2.05, 4.69) is 36.8 Å². The van der Waals surface area contributed by atoms with E-state index in [0.717, 1.165) is 30.2 Å². The Balaban J connectivity index is 1.48. The van der Waals surface area contributed by atoms with Crippen molar-refractivity contribution >= 4 is 11.8 Å². The Morgan fingerprint density at radius 2 is 1.96 bits per heavy atom. The maximum Gasteiger partial charge on any atom is 0.315 e. The third-order valence-corrected chi connectivity index (χ3v) is 3.94. The number of aromatic nitrogens is 3. The Labute approximate surface area is 135 Å². The van der Waals surface area contributed by atoms with Crippen LogP contribution in [0.3, 0.4) is 0 Å². The highest BCUT2D eigenvalue weighted by molar-refractivity contribution is 5.73. The highest BCUT2D eigenvalue weighted by atomic mass is 16.2. The molecule has 0 radical (unpaired) electrons. The number of aromatic amines is 1. The van der Waals surface area contributed by atoms with Crippen molar-refractivity contribution in [3.05, 3.63) is 41.9 Å². The van der Waals surface area contributed by atoms with E-state index >= 15 is 0 Å².